The Morgan fingerprint density at radius 1 is 1.07 bits per heavy atom. The Morgan fingerprint density at radius 3 is 2.56 bits per heavy atom. The summed E-state index contributed by atoms with van der Waals surface area (Å²) in [5.74, 6) is 1.01. The van der Waals surface area contributed by atoms with Crippen molar-refractivity contribution in [2.75, 3.05) is 53.5 Å². The van der Waals surface area contributed by atoms with Gasteiger partial charge in [0.25, 0.3) is 0 Å². The molecule has 2 heterocycles. The molecule has 0 spiro atoms. The maximum Gasteiger partial charge on any atom is 0.193 e. The van der Waals surface area contributed by atoms with Crippen LogP contribution in [0.3, 0.4) is 0 Å². The van der Waals surface area contributed by atoms with E-state index >= 15 is 0 Å². The first-order valence-electron chi connectivity index (χ1n) is 10.7. The normalized spacial score (nSPS) is 27.7. The summed E-state index contributed by atoms with van der Waals surface area (Å²) in [6, 6.07) is 0.800. The van der Waals surface area contributed by atoms with Crippen LogP contribution in [0.2, 0.25) is 0 Å². The molecule has 3 rings (SSSR count). The van der Waals surface area contributed by atoms with Gasteiger partial charge in [0.1, 0.15) is 6.10 Å². The van der Waals surface area contributed by atoms with Gasteiger partial charge in [-0.15, -0.1) is 24.0 Å². The topological polar surface area (TPSA) is 49.3 Å². The van der Waals surface area contributed by atoms with Gasteiger partial charge in [-0.2, -0.15) is 0 Å². The van der Waals surface area contributed by atoms with E-state index in [9.17, 15) is 0 Å². The van der Waals surface area contributed by atoms with E-state index in [2.05, 4.69) is 27.2 Å². The van der Waals surface area contributed by atoms with Gasteiger partial charge in [-0.1, -0.05) is 19.3 Å². The SMILES string of the molecule is CN=C(NCCCN(C)C1CCCCC1)N1CCOC(C2CCCO2)C1.I. The standard InChI is InChI=1S/C20H38N4O2.HI/c1-21-20(22-11-7-12-23(2)17-8-4-3-5-9-17)24-13-15-26-19(16-24)18-10-6-14-25-18;/h17-19H,3-16H2,1-2H3,(H,21,22);1H. The first-order chi connectivity index (χ1) is 12.8. The van der Waals surface area contributed by atoms with Crippen LogP contribution in [0.25, 0.3) is 0 Å². The molecule has 0 bridgehead atoms. The molecule has 3 aliphatic rings. The van der Waals surface area contributed by atoms with Crippen molar-refractivity contribution < 1.29 is 9.47 Å². The van der Waals surface area contributed by atoms with Gasteiger partial charge in [0.15, 0.2) is 5.96 Å². The lowest BCUT2D eigenvalue weighted by atomic mass is 9.94. The predicted octanol–water partition coefficient (Wildman–Crippen LogP) is 2.71. The zero-order valence-corrected chi connectivity index (χ0v) is 19.5. The molecule has 2 atom stereocenters. The van der Waals surface area contributed by atoms with Crippen LogP contribution in [0.5, 0.6) is 0 Å². The number of hydrogen-bond donors (Lipinski definition) is 1. The number of nitrogens with zero attached hydrogens (tertiary/aromatic N) is 3. The van der Waals surface area contributed by atoms with E-state index in [1.807, 2.05) is 7.05 Å². The van der Waals surface area contributed by atoms with Gasteiger partial charge in [-0.3, -0.25) is 4.99 Å². The summed E-state index contributed by atoms with van der Waals surface area (Å²) < 4.78 is 11.8. The molecule has 1 saturated carbocycles. The van der Waals surface area contributed by atoms with Crippen molar-refractivity contribution in [2.24, 2.45) is 4.99 Å². The fraction of sp³-hybridized carbons (Fsp3) is 0.950. The molecule has 0 aromatic rings. The van der Waals surface area contributed by atoms with Crippen LogP contribution in [-0.2, 0) is 9.47 Å². The lowest BCUT2D eigenvalue weighted by Gasteiger charge is -2.37. The van der Waals surface area contributed by atoms with Gasteiger partial charge < -0.3 is 24.6 Å². The van der Waals surface area contributed by atoms with Crippen molar-refractivity contribution in [1.29, 1.82) is 0 Å². The molecule has 27 heavy (non-hydrogen) atoms. The Bertz CT molecular complexity index is 440. The van der Waals surface area contributed by atoms with Crippen molar-refractivity contribution in [3.63, 3.8) is 0 Å². The van der Waals surface area contributed by atoms with Crippen LogP contribution in [0.4, 0.5) is 0 Å². The van der Waals surface area contributed by atoms with E-state index in [0.717, 1.165) is 70.7 Å². The van der Waals surface area contributed by atoms with Crippen LogP contribution in [0, 0.1) is 0 Å². The third-order valence-corrected chi connectivity index (χ3v) is 6.15. The molecule has 0 amide bonds. The van der Waals surface area contributed by atoms with Gasteiger partial charge in [-0.25, -0.2) is 0 Å². The van der Waals surface area contributed by atoms with Gasteiger partial charge in [0.2, 0.25) is 0 Å². The smallest absolute Gasteiger partial charge is 0.193 e. The Balaban J connectivity index is 0.00000261. The van der Waals surface area contributed by atoms with Crippen LogP contribution in [0.1, 0.15) is 51.4 Å². The summed E-state index contributed by atoms with van der Waals surface area (Å²) in [4.78, 5) is 9.40. The fourth-order valence-corrected chi connectivity index (χ4v) is 4.55. The summed E-state index contributed by atoms with van der Waals surface area (Å²) in [6.07, 6.45) is 10.9. The van der Waals surface area contributed by atoms with Crippen LogP contribution in [0.15, 0.2) is 4.99 Å². The van der Waals surface area contributed by atoms with Crippen molar-refractivity contribution in [3.05, 3.63) is 0 Å². The van der Waals surface area contributed by atoms with E-state index in [-0.39, 0.29) is 36.2 Å². The minimum Gasteiger partial charge on any atom is -0.375 e. The molecule has 2 saturated heterocycles. The molecule has 7 heteroatoms. The van der Waals surface area contributed by atoms with Crippen molar-refractivity contribution in [2.45, 2.75) is 69.6 Å². The number of halogens is 1. The summed E-state index contributed by atoms with van der Waals surface area (Å²) in [7, 11) is 4.17. The number of aliphatic imine (C=N–C) groups is 1. The van der Waals surface area contributed by atoms with E-state index < -0.39 is 0 Å². The minimum absolute atomic E-state index is 0. The van der Waals surface area contributed by atoms with E-state index in [0.29, 0.717) is 0 Å². The molecule has 158 valence electrons. The Labute approximate surface area is 182 Å². The molecular formula is C20H39IN4O2. The lowest BCUT2D eigenvalue weighted by molar-refractivity contribution is -0.0816. The third kappa shape index (κ3) is 7.01. The molecule has 0 aromatic heterocycles. The highest BCUT2D eigenvalue weighted by Gasteiger charge is 2.32. The summed E-state index contributed by atoms with van der Waals surface area (Å²) in [5, 5.41) is 3.56. The van der Waals surface area contributed by atoms with Crippen LogP contribution < -0.4 is 5.32 Å². The monoisotopic (exact) mass is 494 g/mol. The van der Waals surface area contributed by atoms with E-state index in [1.54, 1.807) is 0 Å². The molecule has 2 unspecified atom stereocenters. The lowest BCUT2D eigenvalue weighted by Crippen LogP contribution is -2.53. The minimum atomic E-state index is 0. The van der Waals surface area contributed by atoms with Gasteiger partial charge in [-0.05, 0) is 45.7 Å². The third-order valence-electron chi connectivity index (χ3n) is 6.15. The molecule has 0 aromatic carbocycles. The number of morpholine rings is 1. The fourth-order valence-electron chi connectivity index (χ4n) is 4.55. The maximum atomic E-state index is 5.95. The Hall–Kier alpha value is -0.120. The van der Waals surface area contributed by atoms with Gasteiger partial charge >= 0.3 is 0 Å². The molecule has 1 aliphatic carbocycles. The first-order valence-corrected chi connectivity index (χ1v) is 10.7. The number of hydrogen-bond acceptors (Lipinski definition) is 4. The van der Waals surface area contributed by atoms with Crippen LogP contribution >= 0.6 is 24.0 Å². The Morgan fingerprint density at radius 2 is 1.85 bits per heavy atom. The second-order valence-electron chi connectivity index (χ2n) is 8.01. The average molecular weight is 494 g/mol. The molecular weight excluding hydrogens is 455 g/mol. The van der Waals surface area contributed by atoms with Gasteiger partial charge in [0.05, 0.1) is 12.7 Å². The zero-order valence-electron chi connectivity index (χ0n) is 17.2. The predicted molar refractivity (Wildman–Crippen MR) is 121 cm³/mol. The second kappa shape index (κ2) is 12.4. The van der Waals surface area contributed by atoms with Crippen molar-refractivity contribution in [1.82, 2.24) is 15.1 Å². The Kier molecular flexibility index (Phi) is 10.7. The van der Waals surface area contributed by atoms with Gasteiger partial charge in [0, 0.05) is 39.3 Å². The molecule has 0 radical (unpaired) electrons. The molecule has 3 fully saturated rings. The van der Waals surface area contributed by atoms with Crippen molar-refractivity contribution in [3.8, 4) is 0 Å². The highest BCUT2D eigenvalue weighted by molar-refractivity contribution is 14.0. The molecule has 6 nitrogen and oxygen atoms in total. The quantitative estimate of drug-likeness (QED) is 0.267. The number of nitrogens with one attached hydrogen (secondary N) is 1. The van der Waals surface area contributed by atoms with Crippen LogP contribution in [-0.4, -0.2) is 87.5 Å². The average Bonchev–Trinajstić information content (AvgIpc) is 3.23. The highest BCUT2D eigenvalue weighted by atomic mass is 127. The molecule has 2 aliphatic heterocycles. The van der Waals surface area contributed by atoms with E-state index in [4.69, 9.17) is 9.47 Å². The highest BCUT2D eigenvalue weighted by Crippen LogP contribution is 2.22. The van der Waals surface area contributed by atoms with E-state index in [1.165, 1.54) is 32.1 Å². The summed E-state index contributed by atoms with van der Waals surface area (Å²) >= 11 is 0. The summed E-state index contributed by atoms with van der Waals surface area (Å²) in [5.41, 5.74) is 0. The second-order valence-corrected chi connectivity index (χ2v) is 8.01. The maximum absolute atomic E-state index is 5.95. The number of rotatable bonds is 6. The first kappa shape index (κ1) is 23.2. The van der Waals surface area contributed by atoms with Crippen molar-refractivity contribution >= 4 is 29.9 Å². The number of ether oxygens (including phenoxy) is 2. The zero-order chi connectivity index (χ0) is 18.2. The summed E-state index contributed by atoms with van der Waals surface area (Å²) in [6.45, 7) is 5.57. The number of guanidine groups is 1. The largest absolute Gasteiger partial charge is 0.375 e. The molecule has 1 N–H and O–H groups in total.